The second-order valence-corrected chi connectivity index (χ2v) is 5.96. The lowest BCUT2D eigenvalue weighted by Crippen LogP contribution is -2.57. The second-order valence-electron chi connectivity index (χ2n) is 5.96. The maximum absolute atomic E-state index is 5.82. The minimum absolute atomic E-state index is 0.529. The summed E-state index contributed by atoms with van der Waals surface area (Å²) in [5.41, 5.74) is 1.38. The molecule has 0 bridgehead atoms. The van der Waals surface area contributed by atoms with E-state index in [1.54, 1.807) is 0 Å². The predicted octanol–water partition coefficient (Wildman–Crippen LogP) is 2.97. The first kappa shape index (κ1) is 13.9. The average Bonchev–Trinajstić information content (AvgIpc) is 2.53. The Hall–Kier alpha value is -1.06. The Balaban J connectivity index is 1.86. The summed E-state index contributed by atoms with van der Waals surface area (Å²) in [6.07, 6.45) is 3.53. The van der Waals surface area contributed by atoms with Crippen LogP contribution in [0.15, 0.2) is 24.3 Å². The zero-order chi connectivity index (χ0) is 13.9. The van der Waals surface area contributed by atoms with Gasteiger partial charge in [-0.05, 0) is 18.9 Å². The highest BCUT2D eigenvalue weighted by Crippen LogP contribution is 2.37. The molecule has 0 aliphatic carbocycles. The number of ether oxygens (including phenoxy) is 1. The molecule has 20 heavy (non-hydrogen) atoms. The number of nitrogens with one attached hydrogen (secondary N) is 1. The molecule has 3 nitrogen and oxygen atoms in total. The van der Waals surface area contributed by atoms with Gasteiger partial charge in [-0.1, -0.05) is 32.0 Å². The monoisotopic (exact) mass is 274 g/mol. The van der Waals surface area contributed by atoms with Crippen LogP contribution in [-0.4, -0.2) is 36.7 Å². The number of benzene rings is 1. The van der Waals surface area contributed by atoms with Crippen molar-refractivity contribution in [3.05, 3.63) is 29.8 Å². The maximum Gasteiger partial charge on any atom is 0.124 e. The molecule has 0 saturated carbocycles. The van der Waals surface area contributed by atoms with Crippen molar-refractivity contribution in [3.63, 3.8) is 0 Å². The molecule has 3 atom stereocenters. The molecule has 0 amide bonds. The largest absolute Gasteiger partial charge is 0.493 e. The van der Waals surface area contributed by atoms with Gasteiger partial charge in [0.05, 0.1) is 6.61 Å². The number of para-hydroxylation sites is 1. The highest BCUT2D eigenvalue weighted by Gasteiger charge is 2.34. The highest BCUT2D eigenvalue weighted by atomic mass is 16.5. The van der Waals surface area contributed by atoms with Crippen molar-refractivity contribution in [2.75, 3.05) is 19.7 Å². The van der Waals surface area contributed by atoms with E-state index in [-0.39, 0.29) is 0 Å². The number of fused-ring (bicyclic) bond motifs is 1. The molecule has 2 heterocycles. The minimum atomic E-state index is 0.529. The fourth-order valence-electron chi connectivity index (χ4n) is 3.59. The predicted molar refractivity (Wildman–Crippen MR) is 82.2 cm³/mol. The number of piperazine rings is 1. The first-order valence-corrected chi connectivity index (χ1v) is 8.04. The molecule has 1 fully saturated rings. The minimum Gasteiger partial charge on any atom is -0.493 e. The fraction of sp³-hybridized carbons (Fsp3) is 0.647. The van der Waals surface area contributed by atoms with Crippen LogP contribution in [0.3, 0.4) is 0 Å². The van der Waals surface area contributed by atoms with Gasteiger partial charge in [-0.2, -0.15) is 0 Å². The number of hydrogen-bond donors (Lipinski definition) is 1. The van der Waals surface area contributed by atoms with E-state index < -0.39 is 0 Å². The number of rotatable bonds is 3. The molecule has 3 heteroatoms. The van der Waals surface area contributed by atoms with Crippen molar-refractivity contribution in [1.29, 1.82) is 0 Å². The maximum atomic E-state index is 5.82. The van der Waals surface area contributed by atoms with Gasteiger partial charge < -0.3 is 10.1 Å². The number of nitrogens with zero attached hydrogens (tertiary/aromatic N) is 1. The van der Waals surface area contributed by atoms with Crippen molar-refractivity contribution >= 4 is 0 Å². The van der Waals surface area contributed by atoms with Crippen molar-refractivity contribution in [1.82, 2.24) is 10.2 Å². The molecule has 2 aliphatic rings. The molecule has 1 aromatic rings. The van der Waals surface area contributed by atoms with E-state index in [0.29, 0.717) is 18.1 Å². The van der Waals surface area contributed by atoms with Crippen LogP contribution in [0.4, 0.5) is 0 Å². The summed E-state index contributed by atoms with van der Waals surface area (Å²) in [4.78, 5) is 2.73. The molecule has 0 radical (unpaired) electrons. The Labute approximate surface area is 122 Å². The summed E-state index contributed by atoms with van der Waals surface area (Å²) in [5, 5.41) is 3.69. The molecule has 1 N–H and O–H groups in total. The van der Waals surface area contributed by atoms with Gasteiger partial charge in [0.2, 0.25) is 0 Å². The van der Waals surface area contributed by atoms with Crippen molar-refractivity contribution in [3.8, 4) is 5.75 Å². The lowest BCUT2D eigenvalue weighted by Gasteiger charge is -2.46. The zero-order valence-electron chi connectivity index (χ0n) is 12.6. The molecule has 110 valence electrons. The Kier molecular flexibility index (Phi) is 4.27. The first-order valence-electron chi connectivity index (χ1n) is 8.04. The zero-order valence-corrected chi connectivity index (χ0v) is 12.6. The van der Waals surface area contributed by atoms with E-state index >= 15 is 0 Å². The van der Waals surface area contributed by atoms with Gasteiger partial charge in [0.15, 0.2) is 0 Å². The average molecular weight is 274 g/mol. The molecule has 3 rings (SSSR count). The normalized spacial score (nSPS) is 30.6. The molecule has 1 aromatic carbocycles. The van der Waals surface area contributed by atoms with Crippen LogP contribution in [0.25, 0.3) is 0 Å². The van der Waals surface area contributed by atoms with Gasteiger partial charge >= 0.3 is 0 Å². The quantitative estimate of drug-likeness (QED) is 0.917. The Morgan fingerprint density at radius 3 is 2.90 bits per heavy atom. The molecular formula is C17H26N2O. The third kappa shape index (κ3) is 2.57. The van der Waals surface area contributed by atoms with Crippen LogP contribution in [-0.2, 0) is 0 Å². The smallest absolute Gasteiger partial charge is 0.124 e. The molecule has 1 saturated heterocycles. The van der Waals surface area contributed by atoms with E-state index in [9.17, 15) is 0 Å². The van der Waals surface area contributed by atoms with Gasteiger partial charge in [0.25, 0.3) is 0 Å². The van der Waals surface area contributed by atoms with Crippen LogP contribution >= 0.6 is 0 Å². The lowest BCUT2D eigenvalue weighted by atomic mass is 9.94. The molecule has 0 aromatic heterocycles. The van der Waals surface area contributed by atoms with E-state index in [1.165, 1.54) is 18.4 Å². The van der Waals surface area contributed by atoms with E-state index in [4.69, 9.17) is 4.74 Å². The Morgan fingerprint density at radius 1 is 1.25 bits per heavy atom. The van der Waals surface area contributed by atoms with Gasteiger partial charge in [-0.25, -0.2) is 0 Å². The van der Waals surface area contributed by atoms with Crippen LogP contribution in [0, 0.1) is 0 Å². The van der Waals surface area contributed by atoms with E-state index in [1.807, 2.05) is 0 Å². The fourth-order valence-corrected chi connectivity index (χ4v) is 3.59. The summed E-state index contributed by atoms with van der Waals surface area (Å²) < 4.78 is 5.82. The van der Waals surface area contributed by atoms with Gasteiger partial charge in [0.1, 0.15) is 5.75 Å². The summed E-state index contributed by atoms with van der Waals surface area (Å²) in [7, 11) is 0. The third-order valence-corrected chi connectivity index (χ3v) is 4.83. The second kappa shape index (κ2) is 6.15. The van der Waals surface area contributed by atoms with Crippen LogP contribution in [0.1, 0.15) is 44.7 Å². The molecular weight excluding hydrogens is 248 g/mol. The van der Waals surface area contributed by atoms with E-state index in [0.717, 1.165) is 31.9 Å². The summed E-state index contributed by atoms with van der Waals surface area (Å²) in [5.74, 6) is 1.09. The SMILES string of the molecule is CCC1CN(C2CCOc3ccccc32)C(CC)CN1. The molecule has 2 aliphatic heterocycles. The van der Waals surface area contributed by atoms with Gasteiger partial charge in [-0.15, -0.1) is 0 Å². The van der Waals surface area contributed by atoms with Crippen LogP contribution < -0.4 is 10.1 Å². The lowest BCUT2D eigenvalue weighted by molar-refractivity contribution is 0.0546. The van der Waals surface area contributed by atoms with Gasteiger partial charge in [-0.3, -0.25) is 4.90 Å². The Morgan fingerprint density at radius 2 is 2.10 bits per heavy atom. The molecule has 0 spiro atoms. The van der Waals surface area contributed by atoms with Crippen LogP contribution in [0.5, 0.6) is 5.75 Å². The topological polar surface area (TPSA) is 24.5 Å². The first-order chi connectivity index (χ1) is 9.83. The summed E-state index contributed by atoms with van der Waals surface area (Å²) in [6.45, 7) is 7.71. The standard InChI is InChI=1S/C17H26N2O/c1-3-13-12-19(14(4-2)11-18-13)16-9-10-20-17-8-6-5-7-15(16)17/h5-8,13-14,16,18H,3-4,9-12H2,1-2H3. The molecule has 3 unspecified atom stereocenters. The van der Waals surface area contributed by atoms with Crippen molar-refractivity contribution < 1.29 is 4.74 Å². The van der Waals surface area contributed by atoms with E-state index in [2.05, 4.69) is 48.3 Å². The third-order valence-electron chi connectivity index (χ3n) is 4.83. The Bertz CT molecular complexity index is 448. The van der Waals surface area contributed by atoms with Crippen molar-refractivity contribution in [2.24, 2.45) is 0 Å². The summed E-state index contributed by atoms with van der Waals surface area (Å²) >= 11 is 0. The van der Waals surface area contributed by atoms with Gasteiger partial charge in [0, 0.05) is 43.2 Å². The van der Waals surface area contributed by atoms with Crippen LogP contribution in [0.2, 0.25) is 0 Å². The number of hydrogen-bond acceptors (Lipinski definition) is 3. The summed E-state index contributed by atoms with van der Waals surface area (Å²) in [6, 6.07) is 10.4. The highest BCUT2D eigenvalue weighted by molar-refractivity contribution is 5.37. The van der Waals surface area contributed by atoms with Crippen molar-refractivity contribution in [2.45, 2.75) is 51.2 Å².